The highest BCUT2D eigenvalue weighted by Gasteiger charge is 2.41. The highest BCUT2D eigenvalue weighted by atomic mass is 16.5. The first-order valence-corrected chi connectivity index (χ1v) is 9.68. The van der Waals surface area contributed by atoms with Gasteiger partial charge in [-0.3, -0.25) is 4.79 Å². The van der Waals surface area contributed by atoms with Gasteiger partial charge in [-0.05, 0) is 67.4 Å². The van der Waals surface area contributed by atoms with E-state index in [4.69, 9.17) is 9.47 Å². The van der Waals surface area contributed by atoms with Crippen molar-refractivity contribution in [1.82, 2.24) is 0 Å². The minimum Gasteiger partial charge on any atom is -0.493 e. The number of ether oxygens (including phenoxy) is 2. The third-order valence-corrected chi connectivity index (χ3v) is 6.16. The van der Waals surface area contributed by atoms with Crippen molar-refractivity contribution in [2.75, 3.05) is 12.4 Å². The number of benzene rings is 2. The molecule has 0 unspecified atom stereocenters. The van der Waals surface area contributed by atoms with Gasteiger partial charge < -0.3 is 14.8 Å². The molecule has 1 heterocycles. The van der Waals surface area contributed by atoms with Crippen LogP contribution in [0.2, 0.25) is 0 Å². The quantitative estimate of drug-likeness (QED) is 0.799. The predicted molar refractivity (Wildman–Crippen MR) is 106 cm³/mol. The molecule has 1 N–H and O–H groups in total. The van der Waals surface area contributed by atoms with E-state index < -0.39 is 0 Å². The van der Waals surface area contributed by atoms with Gasteiger partial charge in [-0.2, -0.15) is 0 Å². The van der Waals surface area contributed by atoms with Crippen molar-refractivity contribution >= 4 is 23.2 Å². The fourth-order valence-electron chi connectivity index (χ4n) is 4.82. The lowest BCUT2D eigenvalue weighted by Crippen LogP contribution is -2.23. The molecule has 2 saturated carbocycles. The molecule has 0 saturated heterocycles. The van der Waals surface area contributed by atoms with E-state index in [2.05, 4.69) is 5.32 Å². The van der Waals surface area contributed by atoms with Crippen molar-refractivity contribution in [3.05, 3.63) is 53.6 Å². The van der Waals surface area contributed by atoms with Crippen LogP contribution >= 0.6 is 0 Å². The Morgan fingerprint density at radius 1 is 1.07 bits per heavy atom. The second-order valence-electron chi connectivity index (χ2n) is 7.80. The first kappa shape index (κ1) is 16.4. The second-order valence-corrected chi connectivity index (χ2v) is 7.80. The van der Waals surface area contributed by atoms with E-state index in [0.717, 1.165) is 40.7 Å². The lowest BCUT2D eigenvalue weighted by Gasteiger charge is -2.24. The zero-order valence-corrected chi connectivity index (χ0v) is 15.4. The fourth-order valence-corrected chi connectivity index (χ4v) is 4.82. The summed E-state index contributed by atoms with van der Waals surface area (Å²) in [6, 6.07) is 13.6. The number of methoxy groups -OCH3 is 1. The molecule has 3 atom stereocenters. The van der Waals surface area contributed by atoms with E-state index in [1.165, 1.54) is 19.3 Å². The molecular weight excluding hydrogens is 338 g/mol. The van der Waals surface area contributed by atoms with Gasteiger partial charge in [0.05, 0.1) is 7.11 Å². The summed E-state index contributed by atoms with van der Waals surface area (Å²) in [5.41, 5.74) is 3.42. The number of nitrogens with one attached hydrogen (secondary N) is 1. The van der Waals surface area contributed by atoms with Crippen molar-refractivity contribution in [2.45, 2.75) is 31.8 Å². The number of para-hydroxylation sites is 1. The largest absolute Gasteiger partial charge is 0.493 e. The number of anilines is 1. The molecule has 0 aromatic heterocycles. The summed E-state index contributed by atoms with van der Waals surface area (Å²) in [5, 5.41) is 2.92. The monoisotopic (exact) mass is 361 g/mol. The molecule has 2 aliphatic carbocycles. The number of fused-ring (bicyclic) bond motifs is 3. The maximum absolute atomic E-state index is 12.4. The van der Waals surface area contributed by atoms with E-state index in [1.54, 1.807) is 7.11 Å². The number of rotatable bonds is 4. The third-order valence-electron chi connectivity index (χ3n) is 6.16. The lowest BCUT2D eigenvalue weighted by atomic mass is 9.97. The predicted octanol–water partition coefficient (Wildman–Crippen LogP) is 4.76. The van der Waals surface area contributed by atoms with E-state index in [1.807, 2.05) is 48.5 Å². The van der Waals surface area contributed by atoms with Crippen LogP contribution in [0.25, 0.3) is 11.6 Å². The second kappa shape index (κ2) is 6.45. The maximum Gasteiger partial charge on any atom is 0.256 e. The van der Waals surface area contributed by atoms with Crippen LogP contribution < -0.4 is 14.8 Å². The Hall–Kier alpha value is -2.75. The van der Waals surface area contributed by atoms with Crippen molar-refractivity contribution in [3.63, 3.8) is 0 Å². The molecule has 2 fully saturated rings. The van der Waals surface area contributed by atoms with Crippen LogP contribution in [0.5, 0.6) is 11.5 Å². The van der Waals surface area contributed by atoms with Crippen molar-refractivity contribution in [1.29, 1.82) is 0 Å². The smallest absolute Gasteiger partial charge is 0.256 e. The van der Waals surface area contributed by atoms with Gasteiger partial charge in [-0.1, -0.05) is 24.3 Å². The van der Waals surface area contributed by atoms with E-state index in [0.29, 0.717) is 11.5 Å². The number of hydrogen-bond donors (Lipinski definition) is 1. The summed E-state index contributed by atoms with van der Waals surface area (Å²) in [4.78, 5) is 12.4. The van der Waals surface area contributed by atoms with Crippen LogP contribution in [-0.4, -0.2) is 19.1 Å². The Bertz CT molecular complexity index is 933. The molecule has 2 aromatic rings. The van der Waals surface area contributed by atoms with Crippen LogP contribution in [0.4, 0.5) is 5.69 Å². The maximum atomic E-state index is 12.4. The average Bonchev–Trinajstić information content (AvgIpc) is 3.37. The van der Waals surface area contributed by atoms with Gasteiger partial charge in [0.2, 0.25) is 0 Å². The summed E-state index contributed by atoms with van der Waals surface area (Å²) in [7, 11) is 1.67. The lowest BCUT2D eigenvalue weighted by molar-refractivity contribution is -0.110. The Labute approximate surface area is 159 Å². The minimum atomic E-state index is -0.0670. The Morgan fingerprint density at radius 2 is 1.96 bits per heavy atom. The SMILES string of the molecule is COc1ccc(/C=C2/C(=O)Nc3ccccc32)cc1O[C@H]1C[C@@H]2CC[C@H]1C2. The molecule has 4 nitrogen and oxygen atoms in total. The molecule has 3 aliphatic rings. The first-order valence-electron chi connectivity index (χ1n) is 9.68. The van der Waals surface area contributed by atoms with E-state index in [-0.39, 0.29) is 12.0 Å². The number of carbonyl (C=O) groups is 1. The zero-order valence-electron chi connectivity index (χ0n) is 15.4. The van der Waals surface area contributed by atoms with Crippen LogP contribution in [0.3, 0.4) is 0 Å². The highest BCUT2D eigenvalue weighted by molar-refractivity contribution is 6.34. The van der Waals surface area contributed by atoms with Crippen LogP contribution in [0, 0.1) is 11.8 Å². The summed E-state index contributed by atoms with van der Waals surface area (Å²) in [6.45, 7) is 0. The van der Waals surface area contributed by atoms with Gasteiger partial charge in [-0.15, -0.1) is 0 Å². The average molecular weight is 361 g/mol. The van der Waals surface area contributed by atoms with Crippen molar-refractivity contribution in [2.24, 2.45) is 11.8 Å². The van der Waals surface area contributed by atoms with E-state index >= 15 is 0 Å². The number of carbonyl (C=O) groups excluding carboxylic acids is 1. The molecule has 27 heavy (non-hydrogen) atoms. The molecule has 2 bridgehead atoms. The van der Waals surface area contributed by atoms with Gasteiger partial charge >= 0.3 is 0 Å². The Morgan fingerprint density at radius 3 is 2.74 bits per heavy atom. The van der Waals surface area contributed by atoms with Gasteiger partial charge in [0.15, 0.2) is 11.5 Å². The topological polar surface area (TPSA) is 47.6 Å². The van der Waals surface area contributed by atoms with Gasteiger partial charge in [0, 0.05) is 16.8 Å². The third kappa shape index (κ3) is 2.89. The molecule has 1 amide bonds. The minimum absolute atomic E-state index is 0.0670. The highest BCUT2D eigenvalue weighted by Crippen LogP contribution is 2.47. The summed E-state index contributed by atoms with van der Waals surface area (Å²) >= 11 is 0. The normalized spacial score (nSPS) is 26.9. The van der Waals surface area contributed by atoms with Gasteiger partial charge in [0.1, 0.15) is 6.10 Å². The standard InChI is InChI=1S/C23H23NO3/c1-26-20-9-7-15(11-18-17-4-2-3-5-19(17)24-23(18)25)13-22(20)27-21-12-14-6-8-16(21)10-14/h2-5,7,9,11,13-14,16,21H,6,8,10,12H2,1H3,(H,24,25)/b18-11+/t14-,16+,21+/m1/s1. The van der Waals surface area contributed by atoms with E-state index in [9.17, 15) is 4.79 Å². The van der Waals surface area contributed by atoms with Crippen LogP contribution in [-0.2, 0) is 4.79 Å². The van der Waals surface area contributed by atoms with Crippen molar-refractivity contribution < 1.29 is 14.3 Å². The molecular formula is C23H23NO3. The first-order chi connectivity index (χ1) is 13.2. The fraction of sp³-hybridized carbons (Fsp3) is 0.348. The Balaban J connectivity index is 1.46. The van der Waals surface area contributed by atoms with Gasteiger partial charge in [0.25, 0.3) is 5.91 Å². The Kier molecular flexibility index (Phi) is 3.92. The van der Waals surface area contributed by atoms with Crippen LogP contribution in [0.1, 0.15) is 36.8 Å². The summed E-state index contributed by atoms with van der Waals surface area (Å²) in [5.74, 6) is 2.96. The molecule has 2 aromatic carbocycles. The molecule has 1 aliphatic heterocycles. The summed E-state index contributed by atoms with van der Waals surface area (Å²) in [6.07, 6.45) is 7.29. The van der Waals surface area contributed by atoms with Crippen LogP contribution in [0.15, 0.2) is 42.5 Å². The number of amides is 1. The van der Waals surface area contributed by atoms with Gasteiger partial charge in [-0.25, -0.2) is 0 Å². The molecule has 4 heteroatoms. The molecule has 0 spiro atoms. The number of hydrogen-bond acceptors (Lipinski definition) is 3. The molecule has 0 radical (unpaired) electrons. The van der Waals surface area contributed by atoms with Crippen molar-refractivity contribution in [3.8, 4) is 11.5 Å². The molecule has 5 rings (SSSR count). The molecule has 138 valence electrons. The summed E-state index contributed by atoms with van der Waals surface area (Å²) < 4.78 is 11.9. The zero-order chi connectivity index (χ0) is 18.4.